The summed E-state index contributed by atoms with van der Waals surface area (Å²) in [4.78, 5) is 2.28. The lowest BCUT2D eigenvalue weighted by atomic mass is 10.2. The van der Waals surface area contributed by atoms with Crippen molar-refractivity contribution in [2.45, 2.75) is 25.7 Å². The third-order valence-corrected chi connectivity index (χ3v) is 2.88. The summed E-state index contributed by atoms with van der Waals surface area (Å²) in [6.07, 6.45) is 5.23. The van der Waals surface area contributed by atoms with Crippen molar-refractivity contribution in [1.29, 1.82) is 0 Å². The van der Waals surface area contributed by atoms with Crippen LogP contribution in [0.4, 0.5) is 0 Å². The number of ether oxygens (including phenoxy) is 1. The Labute approximate surface area is 91.8 Å². The Bertz CT molecular complexity index is 168. The topological polar surface area (TPSA) is 24.5 Å². The molecule has 14 heavy (non-hydrogen) atoms. The Morgan fingerprint density at radius 2 is 1.93 bits per heavy atom. The number of hydrogen-bond acceptors (Lipinski definition) is 2. The monoisotopic (exact) mass is 216 g/mol. The van der Waals surface area contributed by atoms with Crippen molar-refractivity contribution in [3.05, 3.63) is 0 Å². The van der Waals surface area contributed by atoms with E-state index < -0.39 is 0 Å². The highest BCUT2D eigenvalue weighted by molar-refractivity contribution is 7.80. The number of likely N-dealkylation sites (tertiary alicyclic amines) is 1. The average Bonchev–Trinajstić information content (AvgIpc) is 2.46. The van der Waals surface area contributed by atoms with E-state index in [1.165, 1.54) is 25.7 Å². The molecule has 0 spiro atoms. The normalized spacial score (nSPS) is 17.6. The zero-order valence-electron chi connectivity index (χ0n) is 8.92. The maximum absolute atomic E-state index is 5.31. The van der Waals surface area contributed by atoms with E-state index in [1.54, 1.807) is 7.11 Å². The second-order valence-electron chi connectivity index (χ2n) is 3.63. The molecule has 1 saturated heterocycles. The maximum Gasteiger partial charge on any atom is 0.169 e. The molecular weight excluding hydrogens is 196 g/mol. The van der Waals surface area contributed by atoms with E-state index in [0.717, 1.165) is 24.7 Å². The number of methoxy groups -OCH3 is 1. The van der Waals surface area contributed by atoms with Gasteiger partial charge in [-0.2, -0.15) is 0 Å². The Kier molecular flexibility index (Phi) is 5.87. The van der Waals surface area contributed by atoms with Crippen LogP contribution in [0, 0.1) is 0 Å². The number of rotatable bonds is 3. The van der Waals surface area contributed by atoms with Gasteiger partial charge in [-0.05, 0) is 25.1 Å². The number of nitrogens with one attached hydrogen (secondary N) is 1. The molecule has 1 rings (SSSR count). The number of nitrogens with zero attached hydrogens (tertiary/aromatic N) is 1. The summed E-state index contributed by atoms with van der Waals surface area (Å²) >= 11 is 5.31. The fourth-order valence-electron chi connectivity index (χ4n) is 1.65. The first-order chi connectivity index (χ1) is 6.84. The minimum atomic E-state index is 0.716. The largest absolute Gasteiger partial charge is 0.383 e. The van der Waals surface area contributed by atoms with Crippen molar-refractivity contribution in [1.82, 2.24) is 10.2 Å². The standard InChI is InChI=1S/C10H20N2OS/c1-13-9-6-11-10(14)12-7-4-2-3-5-8-12/h2-9H2,1H3,(H,11,14). The summed E-state index contributed by atoms with van der Waals surface area (Å²) in [6, 6.07) is 0. The summed E-state index contributed by atoms with van der Waals surface area (Å²) in [5.74, 6) is 0. The van der Waals surface area contributed by atoms with Crippen molar-refractivity contribution in [2.75, 3.05) is 33.4 Å². The van der Waals surface area contributed by atoms with Crippen LogP contribution in [0.25, 0.3) is 0 Å². The van der Waals surface area contributed by atoms with Crippen molar-refractivity contribution < 1.29 is 4.74 Å². The molecule has 1 aliphatic heterocycles. The Hall–Kier alpha value is -0.350. The van der Waals surface area contributed by atoms with Gasteiger partial charge in [0.15, 0.2) is 5.11 Å². The van der Waals surface area contributed by atoms with Crippen LogP contribution in [-0.2, 0) is 4.74 Å². The van der Waals surface area contributed by atoms with Gasteiger partial charge in [-0.25, -0.2) is 0 Å². The van der Waals surface area contributed by atoms with Crippen molar-refractivity contribution in [2.24, 2.45) is 0 Å². The Morgan fingerprint density at radius 1 is 1.29 bits per heavy atom. The van der Waals surface area contributed by atoms with Gasteiger partial charge in [-0.15, -0.1) is 0 Å². The molecular formula is C10H20N2OS. The van der Waals surface area contributed by atoms with Crippen LogP contribution in [0.15, 0.2) is 0 Å². The van der Waals surface area contributed by atoms with E-state index in [1.807, 2.05) is 0 Å². The van der Waals surface area contributed by atoms with Gasteiger partial charge in [-0.1, -0.05) is 12.8 Å². The van der Waals surface area contributed by atoms with Gasteiger partial charge in [0.05, 0.1) is 6.61 Å². The predicted molar refractivity (Wildman–Crippen MR) is 62.5 cm³/mol. The van der Waals surface area contributed by atoms with Gasteiger partial charge >= 0.3 is 0 Å². The van der Waals surface area contributed by atoms with Gasteiger partial charge in [0.2, 0.25) is 0 Å². The van der Waals surface area contributed by atoms with Gasteiger partial charge < -0.3 is 15.0 Å². The fraction of sp³-hybridized carbons (Fsp3) is 0.900. The molecule has 0 aromatic rings. The molecule has 0 bridgehead atoms. The summed E-state index contributed by atoms with van der Waals surface area (Å²) < 4.78 is 4.96. The van der Waals surface area contributed by atoms with Gasteiger partial charge in [-0.3, -0.25) is 0 Å². The minimum Gasteiger partial charge on any atom is -0.383 e. The van der Waals surface area contributed by atoms with Gasteiger partial charge in [0, 0.05) is 26.7 Å². The van der Waals surface area contributed by atoms with Crippen LogP contribution in [0.2, 0.25) is 0 Å². The summed E-state index contributed by atoms with van der Waals surface area (Å²) in [6.45, 7) is 3.75. The lowest BCUT2D eigenvalue weighted by Gasteiger charge is -2.23. The third-order valence-electron chi connectivity index (χ3n) is 2.48. The van der Waals surface area contributed by atoms with E-state index in [2.05, 4.69) is 10.2 Å². The molecule has 0 amide bonds. The molecule has 3 nitrogen and oxygen atoms in total. The minimum absolute atomic E-state index is 0.716. The summed E-state index contributed by atoms with van der Waals surface area (Å²) in [5.41, 5.74) is 0. The lowest BCUT2D eigenvalue weighted by Crippen LogP contribution is -2.41. The predicted octanol–water partition coefficient (Wildman–Crippen LogP) is 1.38. The summed E-state index contributed by atoms with van der Waals surface area (Å²) in [5, 5.41) is 4.11. The smallest absolute Gasteiger partial charge is 0.169 e. The molecule has 4 heteroatoms. The second kappa shape index (κ2) is 7.01. The molecule has 1 N–H and O–H groups in total. The first-order valence-corrected chi connectivity index (χ1v) is 5.77. The SMILES string of the molecule is COCCNC(=S)N1CCCCCC1. The molecule has 1 fully saturated rings. The van der Waals surface area contributed by atoms with Crippen molar-refractivity contribution in [3.8, 4) is 0 Å². The lowest BCUT2D eigenvalue weighted by molar-refractivity contribution is 0.203. The first kappa shape index (κ1) is 11.7. The van der Waals surface area contributed by atoms with Crippen molar-refractivity contribution >= 4 is 17.3 Å². The highest BCUT2D eigenvalue weighted by atomic mass is 32.1. The van der Waals surface area contributed by atoms with Crippen LogP contribution in [0.5, 0.6) is 0 Å². The zero-order chi connectivity index (χ0) is 10.2. The molecule has 0 aliphatic carbocycles. The highest BCUT2D eigenvalue weighted by Gasteiger charge is 2.11. The maximum atomic E-state index is 5.31. The van der Waals surface area contributed by atoms with E-state index in [4.69, 9.17) is 17.0 Å². The average molecular weight is 216 g/mol. The van der Waals surface area contributed by atoms with E-state index in [0.29, 0.717) is 6.61 Å². The second-order valence-corrected chi connectivity index (χ2v) is 4.01. The zero-order valence-corrected chi connectivity index (χ0v) is 9.74. The molecule has 1 heterocycles. The molecule has 1 aliphatic rings. The molecule has 0 saturated carbocycles. The number of thiocarbonyl (C=S) groups is 1. The Morgan fingerprint density at radius 3 is 2.50 bits per heavy atom. The highest BCUT2D eigenvalue weighted by Crippen LogP contribution is 2.09. The van der Waals surface area contributed by atoms with E-state index in [-0.39, 0.29) is 0 Å². The van der Waals surface area contributed by atoms with Gasteiger partial charge in [0.25, 0.3) is 0 Å². The molecule has 0 aromatic heterocycles. The molecule has 0 atom stereocenters. The van der Waals surface area contributed by atoms with E-state index in [9.17, 15) is 0 Å². The van der Waals surface area contributed by atoms with Crippen LogP contribution < -0.4 is 5.32 Å². The number of hydrogen-bond donors (Lipinski definition) is 1. The first-order valence-electron chi connectivity index (χ1n) is 5.36. The van der Waals surface area contributed by atoms with Crippen LogP contribution in [-0.4, -0.2) is 43.4 Å². The Balaban J connectivity index is 2.20. The summed E-state index contributed by atoms with van der Waals surface area (Å²) in [7, 11) is 1.71. The molecule has 0 aromatic carbocycles. The van der Waals surface area contributed by atoms with Gasteiger partial charge in [0.1, 0.15) is 0 Å². The molecule has 0 unspecified atom stereocenters. The van der Waals surface area contributed by atoms with Crippen LogP contribution >= 0.6 is 12.2 Å². The quantitative estimate of drug-likeness (QED) is 0.569. The van der Waals surface area contributed by atoms with Crippen molar-refractivity contribution in [3.63, 3.8) is 0 Å². The third kappa shape index (κ3) is 4.24. The van der Waals surface area contributed by atoms with Crippen LogP contribution in [0.3, 0.4) is 0 Å². The molecule has 0 radical (unpaired) electrons. The van der Waals surface area contributed by atoms with Crippen LogP contribution in [0.1, 0.15) is 25.7 Å². The molecule has 82 valence electrons. The van der Waals surface area contributed by atoms with E-state index >= 15 is 0 Å². The fourth-order valence-corrected chi connectivity index (χ4v) is 1.93.